The first kappa shape index (κ1) is 11.6. The fourth-order valence-electron chi connectivity index (χ4n) is 0.831. The molecule has 3 heteroatoms. The maximum atomic E-state index is 12.8. The van der Waals surface area contributed by atoms with Gasteiger partial charge in [-0.15, -0.1) is 0 Å². The molecule has 0 aliphatic carbocycles. The van der Waals surface area contributed by atoms with E-state index in [1.165, 1.54) is 0 Å². The van der Waals surface area contributed by atoms with E-state index in [9.17, 15) is 14.3 Å². The van der Waals surface area contributed by atoms with Gasteiger partial charge in [0.15, 0.2) is 5.78 Å². The monoisotopic (exact) mass is 176 g/mol. The van der Waals surface area contributed by atoms with Crippen LogP contribution in [0.2, 0.25) is 0 Å². The Labute approximate surface area is 72.8 Å². The Morgan fingerprint density at radius 3 is 2.17 bits per heavy atom. The molecule has 0 rings (SSSR count). The molecule has 0 saturated carbocycles. The van der Waals surface area contributed by atoms with Gasteiger partial charge in [0, 0.05) is 5.41 Å². The number of halogens is 1. The van der Waals surface area contributed by atoms with Crippen LogP contribution in [0.5, 0.6) is 0 Å². The molecule has 0 bridgehead atoms. The standard InChI is InChI=1S/C9H17FO2/c1-5-6(10)7(11)8(12)9(2,3)4/h6-7,11H,5H2,1-4H3. The van der Waals surface area contributed by atoms with E-state index in [1.807, 2.05) is 0 Å². The summed E-state index contributed by atoms with van der Waals surface area (Å²) in [7, 11) is 0. The molecule has 0 aromatic rings. The van der Waals surface area contributed by atoms with E-state index in [2.05, 4.69) is 0 Å². The highest BCUT2D eigenvalue weighted by molar-refractivity contribution is 5.88. The van der Waals surface area contributed by atoms with Crippen LogP contribution < -0.4 is 0 Å². The van der Waals surface area contributed by atoms with Gasteiger partial charge in [0.05, 0.1) is 0 Å². The average molecular weight is 176 g/mol. The van der Waals surface area contributed by atoms with E-state index >= 15 is 0 Å². The maximum Gasteiger partial charge on any atom is 0.169 e. The highest BCUT2D eigenvalue weighted by Gasteiger charge is 2.32. The van der Waals surface area contributed by atoms with Gasteiger partial charge in [-0.25, -0.2) is 4.39 Å². The second-order valence-corrected chi connectivity index (χ2v) is 3.98. The first-order chi connectivity index (χ1) is 5.30. The van der Waals surface area contributed by atoms with Crippen molar-refractivity contribution in [1.29, 1.82) is 0 Å². The first-order valence-corrected chi connectivity index (χ1v) is 4.17. The third-order valence-corrected chi connectivity index (χ3v) is 1.74. The quantitative estimate of drug-likeness (QED) is 0.710. The van der Waals surface area contributed by atoms with Crippen LogP contribution in [0.3, 0.4) is 0 Å². The molecule has 0 aromatic heterocycles. The summed E-state index contributed by atoms with van der Waals surface area (Å²) >= 11 is 0. The molecule has 0 aliphatic heterocycles. The minimum atomic E-state index is -1.46. The van der Waals surface area contributed by atoms with Crippen molar-refractivity contribution < 1.29 is 14.3 Å². The molecule has 0 radical (unpaired) electrons. The van der Waals surface area contributed by atoms with Crippen molar-refractivity contribution in [1.82, 2.24) is 0 Å². The number of carbonyl (C=O) groups excluding carboxylic acids is 1. The number of alkyl halides is 1. The topological polar surface area (TPSA) is 37.3 Å². The Morgan fingerprint density at radius 1 is 1.50 bits per heavy atom. The molecule has 0 fully saturated rings. The van der Waals surface area contributed by atoms with Crippen LogP contribution in [0.1, 0.15) is 34.1 Å². The Bertz CT molecular complexity index is 160. The van der Waals surface area contributed by atoms with Gasteiger partial charge in [0.25, 0.3) is 0 Å². The van der Waals surface area contributed by atoms with Crippen molar-refractivity contribution >= 4 is 5.78 Å². The first-order valence-electron chi connectivity index (χ1n) is 4.17. The Kier molecular flexibility index (Phi) is 3.84. The van der Waals surface area contributed by atoms with Crippen LogP contribution in [0.15, 0.2) is 0 Å². The van der Waals surface area contributed by atoms with E-state index in [0.29, 0.717) is 0 Å². The Hall–Kier alpha value is -0.440. The molecular weight excluding hydrogens is 159 g/mol. The zero-order valence-corrected chi connectivity index (χ0v) is 8.10. The summed E-state index contributed by atoms with van der Waals surface area (Å²) in [5.41, 5.74) is -0.668. The summed E-state index contributed by atoms with van der Waals surface area (Å²) in [6.07, 6.45) is -2.73. The summed E-state index contributed by atoms with van der Waals surface area (Å²) in [4.78, 5) is 11.3. The molecule has 72 valence electrons. The predicted octanol–water partition coefficient (Wildman–Crippen LogP) is 1.71. The fraction of sp³-hybridized carbons (Fsp3) is 0.889. The van der Waals surface area contributed by atoms with Gasteiger partial charge in [-0.2, -0.15) is 0 Å². The van der Waals surface area contributed by atoms with Gasteiger partial charge in [-0.1, -0.05) is 27.7 Å². The molecule has 0 amide bonds. The van der Waals surface area contributed by atoms with Gasteiger partial charge in [0.2, 0.25) is 0 Å². The summed E-state index contributed by atoms with van der Waals surface area (Å²) < 4.78 is 12.8. The summed E-state index contributed by atoms with van der Waals surface area (Å²) in [5.74, 6) is -0.433. The highest BCUT2D eigenvalue weighted by Crippen LogP contribution is 2.20. The van der Waals surface area contributed by atoms with Crippen molar-refractivity contribution in [3.63, 3.8) is 0 Å². The maximum absolute atomic E-state index is 12.8. The zero-order valence-electron chi connectivity index (χ0n) is 8.10. The van der Waals surface area contributed by atoms with E-state index in [1.54, 1.807) is 27.7 Å². The minimum Gasteiger partial charge on any atom is -0.382 e. The van der Waals surface area contributed by atoms with E-state index in [4.69, 9.17) is 0 Å². The van der Waals surface area contributed by atoms with Gasteiger partial charge in [-0.3, -0.25) is 4.79 Å². The molecule has 0 aliphatic rings. The second kappa shape index (κ2) is 3.99. The molecule has 0 heterocycles. The lowest BCUT2D eigenvalue weighted by Gasteiger charge is -2.22. The third kappa shape index (κ3) is 2.89. The number of carbonyl (C=O) groups is 1. The average Bonchev–Trinajstić information content (AvgIpc) is 1.98. The number of rotatable bonds is 3. The SMILES string of the molecule is CCC(F)C(O)C(=O)C(C)(C)C. The molecule has 0 saturated heterocycles. The number of aliphatic hydroxyl groups is 1. The Balaban J connectivity index is 4.30. The second-order valence-electron chi connectivity index (χ2n) is 3.98. The lowest BCUT2D eigenvalue weighted by molar-refractivity contribution is -0.138. The zero-order chi connectivity index (χ0) is 9.94. The van der Waals surface area contributed by atoms with Crippen molar-refractivity contribution in [3.8, 4) is 0 Å². The molecule has 2 unspecified atom stereocenters. The summed E-state index contributed by atoms with van der Waals surface area (Å²) in [5, 5.41) is 9.20. The highest BCUT2D eigenvalue weighted by atomic mass is 19.1. The number of hydrogen-bond donors (Lipinski definition) is 1. The molecular formula is C9H17FO2. The largest absolute Gasteiger partial charge is 0.382 e. The molecule has 1 N–H and O–H groups in total. The number of aliphatic hydroxyl groups excluding tert-OH is 1. The van der Waals surface area contributed by atoms with E-state index < -0.39 is 23.5 Å². The fourth-order valence-corrected chi connectivity index (χ4v) is 0.831. The number of hydrogen-bond acceptors (Lipinski definition) is 2. The number of ketones is 1. The van der Waals surface area contributed by atoms with Crippen molar-refractivity contribution in [2.24, 2.45) is 5.41 Å². The molecule has 2 atom stereocenters. The van der Waals surface area contributed by atoms with E-state index in [0.717, 1.165) is 0 Å². The minimum absolute atomic E-state index is 0.170. The van der Waals surface area contributed by atoms with Crippen LogP contribution in [0.25, 0.3) is 0 Å². The molecule has 2 nitrogen and oxygen atoms in total. The third-order valence-electron chi connectivity index (χ3n) is 1.74. The van der Waals surface area contributed by atoms with Crippen LogP contribution in [0.4, 0.5) is 4.39 Å². The number of Topliss-reactive ketones (excluding diaryl/α,β-unsaturated/α-hetero) is 1. The lowest BCUT2D eigenvalue weighted by Crippen LogP contribution is -2.38. The van der Waals surface area contributed by atoms with Crippen LogP contribution in [0, 0.1) is 5.41 Å². The van der Waals surface area contributed by atoms with Crippen molar-refractivity contribution in [3.05, 3.63) is 0 Å². The van der Waals surface area contributed by atoms with Crippen molar-refractivity contribution in [2.45, 2.75) is 46.4 Å². The van der Waals surface area contributed by atoms with Gasteiger partial charge >= 0.3 is 0 Å². The summed E-state index contributed by atoms with van der Waals surface area (Å²) in [6, 6.07) is 0. The molecule has 12 heavy (non-hydrogen) atoms. The normalized spacial score (nSPS) is 17.2. The molecule has 0 spiro atoms. The Morgan fingerprint density at radius 2 is 1.92 bits per heavy atom. The van der Waals surface area contributed by atoms with Crippen LogP contribution in [-0.2, 0) is 4.79 Å². The molecule has 0 aromatic carbocycles. The van der Waals surface area contributed by atoms with Crippen LogP contribution in [-0.4, -0.2) is 23.2 Å². The smallest absolute Gasteiger partial charge is 0.169 e. The predicted molar refractivity (Wildman–Crippen MR) is 45.7 cm³/mol. The van der Waals surface area contributed by atoms with Gasteiger partial charge in [0.1, 0.15) is 12.3 Å². The lowest BCUT2D eigenvalue weighted by atomic mass is 9.86. The van der Waals surface area contributed by atoms with Crippen LogP contribution >= 0.6 is 0 Å². The van der Waals surface area contributed by atoms with E-state index in [-0.39, 0.29) is 6.42 Å². The van der Waals surface area contributed by atoms with Crippen molar-refractivity contribution in [2.75, 3.05) is 0 Å². The van der Waals surface area contributed by atoms with Gasteiger partial charge < -0.3 is 5.11 Å². The summed E-state index contributed by atoms with van der Waals surface area (Å²) in [6.45, 7) is 6.60. The van der Waals surface area contributed by atoms with Gasteiger partial charge in [-0.05, 0) is 6.42 Å².